The number of hydrogen-bond acceptors (Lipinski definition) is 7. The van der Waals surface area contributed by atoms with Crippen LogP contribution in [0, 0.1) is 0 Å². The zero-order valence-corrected chi connectivity index (χ0v) is 21.2. The van der Waals surface area contributed by atoms with Crippen LogP contribution in [0.1, 0.15) is 30.5 Å². The molecule has 0 spiro atoms. The highest BCUT2D eigenvalue weighted by atomic mass is 16.5. The molecule has 1 atom stereocenters. The number of amides is 1. The fraction of sp³-hybridized carbons (Fsp3) is 0.379. The van der Waals surface area contributed by atoms with Crippen molar-refractivity contribution in [3.8, 4) is 11.5 Å². The van der Waals surface area contributed by atoms with Crippen LogP contribution in [-0.4, -0.2) is 79.2 Å². The molecule has 1 N–H and O–H groups in total. The molecule has 0 saturated carbocycles. The summed E-state index contributed by atoms with van der Waals surface area (Å²) in [6.45, 7) is 10.6. The summed E-state index contributed by atoms with van der Waals surface area (Å²) in [5.74, 6) is -0.379. The molecule has 2 saturated heterocycles. The molecule has 8 heteroatoms. The number of hydrogen-bond donors (Lipinski definition) is 1. The van der Waals surface area contributed by atoms with E-state index in [-0.39, 0.29) is 11.3 Å². The van der Waals surface area contributed by atoms with Gasteiger partial charge in [-0.3, -0.25) is 14.5 Å². The predicted octanol–water partition coefficient (Wildman–Crippen LogP) is 3.79. The molecule has 2 aromatic rings. The van der Waals surface area contributed by atoms with Gasteiger partial charge in [-0.25, -0.2) is 0 Å². The van der Waals surface area contributed by atoms with Crippen molar-refractivity contribution in [1.29, 1.82) is 0 Å². The van der Waals surface area contributed by atoms with E-state index in [4.69, 9.17) is 14.2 Å². The van der Waals surface area contributed by atoms with Crippen LogP contribution in [0.15, 0.2) is 66.8 Å². The summed E-state index contributed by atoms with van der Waals surface area (Å²) in [5, 5.41) is 11.3. The fourth-order valence-electron chi connectivity index (χ4n) is 4.73. The molecular formula is C29H34N2O6. The zero-order chi connectivity index (χ0) is 26.2. The Morgan fingerprint density at radius 2 is 1.81 bits per heavy atom. The molecule has 2 aliphatic heterocycles. The van der Waals surface area contributed by atoms with E-state index in [2.05, 4.69) is 11.5 Å². The highest BCUT2D eigenvalue weighted by Gasteiger charge is 2.46. The molecule has 1 amide bonds. The van der Waals surface area contributed by atoms with Crippen molar-refractivity contribution >= 4 is 17.4 Å². The minimum absolute atomic E-state index is 0.0610. The summed E-state index contributed by atoms with van der Waals surface area (Å²) >= 11 is 0. The minimum atomic E-state index is -0.743. The van der Waals surface area contributed by atoms with Gasteiger partial charge in [0.1, 0.15) is 23.9 Å². The number of benzene rings is 2. The van der Waals surface area contributed by atoms with Crippen LogP contribution in [0.25, 0.3) is 5.76 Å². The van der Waals surface area contributed by atoms with Crippen LogP contribution in [0.2, 0.25) is 0 Å². The van der Waals surface area contributed by atoms with Crippen molar-refractivity contribution in [2.75, 3.05) is 52.6 Å². The number of aliphatic hydroxyl groups excluding tert-OH is 1. The second-order valence-corrected chi connectivity index (χ2v) is 8.93. The number of carbonyl (C=O) groups is 2. The third-order valence-electron chi connectivity index (χ3n) is 6.48. The number of morpholine rings is 1. The first-order valence-corrected chi connectivity index (χ1v) is 12.7. The Balaban J connectivity index is 1.70. The highest BCUT2D eigenvalue weighted by Crippen LogP contribution is 2.40. The lowest BCUT2D eigenvalue weighted by molar-refractivity contribution is -0.140. The summed E-state index contributed by atoms with van der Waals surface area (Å²) < 4.78 is 16.7. The van der Waals surface area contributed by atoms with Gasteiger partial charge in [0.05, 0.1) is 31.4 Å². The standard InChI is InChI=1S/C29H34N2O6/c1-3-16-37-24-11-5-8-21(19-24)26-25(27(32)22-9-6-10-23(20-22)36-4-2)28(33)29(34)31(26)13-7-12-30-14-17-35-18-15-30/h3,5-6,8-11,19-20,26,32H,1,4,7,12-18H2,2H3/b27-25+. The third kappa shape index (κ3) is 6.21. The van der Waals surface area contributed by atoms with Crippen LogP contribution >= 0.6 is 0 Å². The van der Waals surface area contributed by atoms with Gasteiger partial charge in [0.25, 0.3) is 11.7 Å². The first-order chi connectivity index (χ1) is 18.0. The zero-order valence-electron chi connectivity index (χ0n) is 21.2. The topological polar surface area (TPSA) is 88.5 Å². The van der Waals surface area contributed by atoms with Gasteiger partial charge in [-0.2, -0.15) is 0 Å². The molecule has 0 aromatic heterocycles. The Labute approximate surface area is 217 Å². The van der Waals surface area contributed by atoms with E-state index in [1.165, 1.54) is 0 Å². The van der Waals surface area contributed by atoms with E-state index in [1.807, 2.05) is 25.1 Å². The quantitative estimate of drug-likeness (QED) is 0.215. The van der Waals surface area contributed by atoms with Gasteiger partial charge < -0.3 is 24.2 Å². The molecule has 8 nitrogen and oxygen atoms in total. The van der Waals surface area contributed by atoms with E-state index in [0.717, 1.165) is 19.6 Å². The Morgan fingerprint density at radius 1 is 1.08 bits per heavy atom. The summed E-state index contributed by atoms with van der Waals surface area (Å²) in [5.41, 5.74) is 1.17. The van der Waals surface area contributed by atoms with Gasteiger partial charge in [-0.05, 0) is 43.2 Å². The summed E-state index contributed by atoms with van der Waals surface area (Å²) in [4.78, 5) is 30.5. The maximum absolute atomic E-state index is 13.3. The second kappa shape index (κ2) is 12.6. The van der Waals surface area contributed by atoms with Gasteiger partial charge >= 0.3 is 0 Å². The molecule has 2 aromatic carbocycles. The monoisotopic (exact) mass is 506 g/mol. The van der Waals surface area contributed by atoms with E-state index in [1.54, 1.807) is 41.3 Å². The van der Waals surface area contributed by atoms with Crippen molar-refractivity contribution < 1.29 is 28.9 Å². The molecule has 2 aliphatic rings. The van der Waals surface area contributed by atoms with Gasteiger partial charge in [-0.15, -0.1) is 0 Å². The third-order valence-corrected chi connectivity index (χ3v) is 6.48. The number of nitrogens with zero attached hydrogens (tertiary/aromatic N) is 2. The molecule has 1 unspecified atom stereocenters. The molecule has 4 rings (SSSR count). The minimum Gasteiger partial charge on any atom is -0.507 e. The van der Waals surface area contributed by atoms with Crippen molar-refractivity contribution in [2.24, 2.45) is 0 Å². The number of carbonyl (C=O) groups excluding carboxylic acids is 2. The number of Topliss-reactive ketones (excluding diaryl/α,β-unsaturated/α-hetero) is 1. The van der Waals surface area contributed by atoms with Crippen molar-refractivity contribution in [3.05, 3.63) is 77.9 Å². The van der Waals surface area contributed by atoms with Crippen molar-refractivity contribution in [3.63, 3.8) is 0 Å². The first-order valence-electron chi connectivity index (χ1n) is 12.7. The largest absolute Gasteiger partial charge is 0.507 e. The molecule has 2 heterocycles. The van der Waals surface area contributed by atoms with E-state index in [9.17, 15) is 14.7 Å². The smallest absolute Gasteiger partial charge is 0.295 e. The molecule has 0 radical (unpaired) electrons. The van der Waals surface area contributed by atoms with Gasteiger partial charge in [0.2, 0.25) is 0 Å². The maximum atomic E-state index is 13.3. The number of aliphatic hydroxyl groups is 1. The van der Waals surface area contributed by atoms with Gasteiger partial charge in [0.15, 0.2) is 0 Å². The lowest BCUT2D eigenvalue weighted by Crippen LogP contribution is -2.38. The van der Waals surface area contributed by atoms with Gasteiger partial charge in [0, 0.05) is 31.7 Å². The molecule has 196 valence electrons. The number of ether oxygens (including phenoxy) is 3. The average molecular weight is 507 g/mol. The molecule has 0 aliphatic carbocycles. The van der Waals surface area contributed by atoms with Crippen molar-refractivity contribution in [2.45, 2.75) is 19.4 Å². The van der Waals surface area contributed by atoms with E-state index in [0.29, 0.717) is 62.0 Å². The normalized spacial score (nSPS) is 19.7. The van der Waals surface area contributed by atoms with Crippen LogP contribution in [-0.2, 0) is 14.3 Å². The Bertz CT molecular complexity index is 1150. The SMILES string of the molecule is C=CCOc1cccc(C2/C(=C(\O)c3cccc(OCC)c3)C(=O)C(=O)N2CCCN2CCOCC2)c1. The molecule has 2 fully saturated rings. The van der Waals surface area contributed by atoms with Crippen LogP contribution < -0.4 is 9.47 Å². The Hall–Kier alpha value is -3.62. The van der Waals surface area contributed by atoms with E-state index >= 15 is 0 Å². The predicted molar refractivity (Wildman–Crippen MR) is 141 cm³/mol. The summed E-state index contributed by atoms with van der Waals surface area (Å²) in [7, 11) is 0. The average Bonchev–Trinajstić information content (AvgIpc) is 3.17. The molecular weight excluding hydrogens is 472 g/mol. The Kier molecular flexibility index (Phi) is 8.98. The van der Waals surface area contributed by atoms with E-state index < -0.39 is 17.7 Å². The number of likely N-dealkylation sites (tertiary alicyclic amines) is 1. The second-order valence-electron chi connectivity index (χ2n) is 8.93. The van der Waals surface area contributed by atoms with Crippen LogP contribution in [0.3, 0.4) is 0 Å². The summed E-state index contributed by atoms with van der Waals surface area (Å²) in [6, 6.07) is 13.4. The lowest BCUT2D eigenvalue weighted by Gasteiger charge is -2.29. The van der Waals surface area contributed by atoms with Crippen molar-refractivity contribution in [1.82, 2.24) is 9.80 Å². The first kappa shape index (κ1) is 26.4. The molecule has 0 bridgehead atoms. The maximum Gasteiger partial charge on any atom is 0.295 e. The Morgan fingerprint density at radius 3 is 2.54 bits per heavy atom. The fourth-order valence-corrected chi connectivity index (χ4v) is 4.73. The van der Waals surface area contributed by atoms with Gasteiger partial charge in [-0.1, -0.05) is 36.9 Å². The van der Waals surface area contributed by atoms with Crippen LogP contribution in [0.4, 0.5) is 0 Å². The number of ketones is 1. The summed E-state index contributed by atoms with van der Waals surface area (Å²) in [6.07, 6.45) is 2.34. The number of rotatable bonds is 11. The highest BCUT2D eigenvalue weighted by molar-refractivity contribution is 6.46. The van der Waals surface area contributed by atoms with Crippen LogP contribution in [0.5, 0.6) is 11.5 Å². The molecule has 37 heavy (non-hydrogen) atoms. The lowest BCUT2D eigenvalue weighted by atomic mass is 9.95.